The molecule has 0 aliphatic carbocycles. The Morgan fingerprint density at radius 1 is 1.39 bits per heavy atom. The first-order valence-corrected chi connectivity index (χ1v) is 6.27. The van der Waals surface area contributed by atoms with Crippen LogP contribution in [0.25, 0.3) is 0 Å². The number of carbonyl (C=O) groups is 1. The van der Waals surface area contributed by atoms with E-state index in [2.05, 4.69) is 4.98 Å². The number of rotatable bonds is 5. The van der Waals surface area contributed by atoms with Crippen LogP contribution >= 0.6 is 11.3 Å². The van der Waals surface area contributed by atoms with Gasteiger partial charge in [-0.25, -0.2) is 4.79 Å². The molecule has 18 heavy (non-hydrogen) atoms. The monoisotopic (exact) mass is 263 g/mol. The Labute approximate surface area is 109 Å². The zero-order chi connectivity index (χ0) is 13.0. The van der Waals surface area contributed by atoms with Gasteiger partial charge in [0, 0.05) is 17.3 Å². The molecule has 0 atom stereocenters. The van der Waals surface area contributed by atoms with Crippen molar-refractivity contribution in [3.8, 4) is 0 Å². The fourth-order valence-electron chi connectivity index (χ4n) is 1.53. The predicted octanol–water partition coefficient (Wildman–Crippen LogP) is 2.87. The minimum Gasteiger partial charge on any atom is -0.477 e. The number of aromatic nitrogens is 1. The summed E-state index contributed by atoms with van der Waals surface area (Å²) in [5.74, 6) is -0.886. The Hall–Kier alpha value is -1.72. The van der Waals surface area contributed by atoms with Crippen LogP contribution in [0.2, 0.25) is 0 Å². The summed E-state index contributed by atoms with van der Waals surface area (Å²) >= 11 is 1.28. The van der Waals surface area contributed by atoms with Crippen LogP contribution in [-0.4, -0.2) is 16.1 Å². The van der Waals surface area contributed by atoms with Crippen molar-refractivity contribution in [2.24, 2.45) is 0 Å². The molecule has 2 rings (SSSR count). The topological polar surface area (TPSA) is 59.4 Å². The van der Waals surface area contributed by atoms with Gasteiger partial charge >= 0.3 is 5.97 Å². The van der Waals surface area contributed by atoms with Crippen LogP contribution in [0.4, 0.5) is 0 Å². The van der Waals surface area contributed by atoms with Gasteiger partial charge in [0.25, 0.3) is 0 Å². The quantitative estimate of drug-likeness (QED) is 0.901. The van der Waals surface area contributed by atoms with Gasteiger partial charge in [0.15, 0.2) is 0 Å². The van der Waals surface area contributed by atoms with Crippen molar-refractivity contribution >= 4 is 17.3 Å². The van der Waals surface area contributed by atoms with Crippen LogP contribution in [0.3, 0.4) is 0 Å². The van der Waals surface area contributed by atoms with E-state index in [4.69, 9.17) is 9.84 Å². The zero-order valence-corrected chi connectivity index (χ0v) is 10.7. The normalized spacial score (nSPS) is 10.5. The van der Waals surface area contributed by atoms with E-state index in [0.29, 0.717) is 18.1 Å². The Balaban J connectivity index is 1.92. The summed E-state index contributed by atoms with van der Waals surface area (Å²) < 4.78 is 5.57. The molecule has 0 unspecified atom stereocenters. The molecule has 2 aromatic rings. The van der Waals surface area contributed by atoms with E-state index in [1.807, 2.05) is 19.1 Å². The smallest absolute Gasteiger partial charge is 0.345 e. The van der Waals surface area contributed by atoms with Gasteiger partial charge in [-0.3, -0.25) is 4.98 Å². The number of hydrogen-bond donors (Lipinski definition) is 1. The predicted molar refractivity (Wildman–Crippen MR) is 68.7 cm³/mol. The number of thiophene rings is 1. The molecule has 0 amide bonds. The largest absolute Gasteiger partial charge is 0.477 e. The summed E-state index contributed by atoms with van der Waals surface area (Å²) in [6.45, 7) is 2.83. The minimum atomic E-state index is -0.886. The molecule has 0 saturated carbocycles. The van der Waals surface area contributed by atoms with E-state index in [0.717, 1.165) is 16.0 Å². The van der Waals surface area contributed by atoms with E-state index in [1.54, 1.807) is 18.5 Å². The highest BCUT2D eigenvalue weighted by Crippen LogP contribution is 2.22. The van der Waals surface area contributed by atoms with Crippen LogP contribution in [0.1, 0.15) is 25.7 Å². The maximum absolute atomic E-state index is 10.8. The maximum Gasteiger partial charge on any atom is 0.345 e. The van der Waals surface area contributed by atoms with Gasteiger partial charge in [0.1, 0.15) is 4.88 Å². The summed E-state index contributed by atoms with van der Waals surface area (Å²) in [6.07, 6.45) is 3.44. The third-order valence-electron chi connectivity index (χ3n) is 2.51. The molecule has 0 radical (unpaired) electrons. The van der Waals surface area contributed by atoms with Crippen LogP contribution < -0.4 is 0 Å². The SMILES string of the molecule is Cc1sc(C(=O)O)cc1COCc1ccncc1. The van der Waals surface area contributed by atoms with Crippen LogP contribution in [-0.2, 0) is 18.0 Å². The van der Waals surface area contributed by atoms with Gasteiger partial charge in [0.05, 0.1) is 13.2 Å². The second-order valence-electron chi connectivity index (χ2n) is 3.85. The van der Waals surface area contributed by atoms with Crippen molar-refractivity contribution in [2.75, 3.05) is 0 Å². The molecule has 5 heteroatoms. The molecule has 0 fully saturated rings. The molecule has 0 bridgehead atoms. The first-order chi connectivity index (χ1) is 8.66. The maximum atomic E-state index is 10.8. The summed E-state index contributed by atoms with van der Waals surface area (Å²) in [6, 6.07) is 5.46. The average molecular weight is 263 g/mol. The lowest BCUT2D eigenvalue weighted by molar-refractivity contribution is 0.0701. The number of aromatic carboxylic acids is 1. The van der Waals surface area contributed by atoms with Gasteiger partial charge in [-0.1, -0.05) is 0 Å². The Morgan fingerprint density at radius 2 is 2.11 bits per heavy atom. The second-order valence-corrected chi connectivity index (χ2v) is 5.10. The number of ether oxygens (including phenoxy) is 1. The Kier molecular flexibility index (Phi) is 4.07. The summed E-state index contributed by atoms with van der Waals surface area (Å²) in [4.78, 5) is 16.1. The molecule has 0 aliphatic rings. The molecule has 0 aliphatic heterocycles. The van der Waals surface area contributed by atoms with Crippen molar-refractivity contribution in [1.82, 2.24) is 4.98 Å². The average Bonchev–Trinajstić information content (AvgIpc) is 2.73. The number of aryl methyl sites for hydroxylation is 1. The van der Waals surface area contributed by atoms with E-state index < -0.39 is 5.97 Å². The highest BCUT2D eigenvalue weighted by atomic mass is 32.1. The Bertz CT molecular complexity index is 536. The first kappa shape index (κ1) is 12.7. The standard InChI is InChI=1S/C13H13NO3S/c1-9-11(6-12(18-9)13(15)16)8-17-7-10-2-4-14-5-3-10/h2-6H,7-8H2,1H3,(H,15,16). The molecule has 1 N–H and O–H groups in total. The second kappa shape index (κ2) is 5.75. The molecule has 0 spiro atoms. The fourth-order valence-corrected chi connectivity index (χ4v) is 2.39. The summed E-state index contributed by atoms with van der Waals surface area (Å²) in [7, 11) is 0. The van der Waals surface area contributed by atoms with E-state index in [1.165, 1.54) is 11.3 Å². The summed E-state index contributed by atoms with van der Waals surface area (Å²) in [5.41, 5.74) is 1.99. The van der Waals surface area contributed by atoms with Gasteiger partial charge in [0.2, 0.25) is 0 Å². The molecule has 0 aromatic carbocycles. The Morgan fingerprint density at radius 3 is 2.72 bits per heavy atom. The first-order valence-electron chi connectivity index (χ1n) is 5.46. The van der Waals surface area contributed by atoms with Gasteiger partial charge in [-0.15, -0.1) is 11.3 Å². The molecule has 2 heterocycles. The fraction of sp³-hybridized carbons (Fsp3) is 0.231. The van der Waals surface area contributed by atoms with E-state index >= 15 is 0 Å². The van der Waals surface area contributed by atoms with E-state index in [-0.39, 0.29) is 0 Å². The molecule has 2 aromatic heterocycles. The van der Waals surface area contributed by atoms with Gasteiger partial charge in [-0.2, -0.15) is 0 Å². The van der Waals surface area contributed by atoms with Crippen LogP contribution in [0.15, 0.2) is 30.6 Å². The van der Waals surface area contributed by atoms with Crippen LogP contribution in [0.5, 0.6) is 0 Å². The lowest BCUT2D eigenvalue weighted by Gasteiger charge is -2.03. The lowest BCUT2D eigenvalue weighted by atomic mass is 10.2. The third-order valence-corrected chi connectivity index (χ3v) is 3.59. The lowest BCUT2D eigenvalue weighted by Crippen LogP contribution is -1.95. The molecular weight excluding hydrogens is 250 g/mol. The number of nitrogens with zero attached hydrogens (tertiary/aromatic N) is 1. The molecule has 4 nitrogen and oxygen atoms in total. The van der Waals surface area contributed by atoms with Crippen LogP contribution in [0, 0.1) is 6.92 Å². The van der Waals surface area contributed by atoms with Crippen molar-refractivity contribution in [1.29, 1.82) is 0 Å². The van der Waals surface area contributed by atoms with Crippen molar-refractivity contribution < 1.29 is 14.6 Å². The van der Waals surface area contributed by atoms with E-state index in [9.17, 15) is 4.79 Å². The zero-order valence-electron chi connectivity index (χ0n) is 9.92. The number of carboxylic acid groups (broad SMARTS) is 1. The summed E-state index contributed by atoms with van der Waals surface area (Å²) in [5, 5.41) is 8.89. The van der Waals surface area contributed by atoms with Crippen molar-refractivity contribution in [2.45, 2.75) is 20.1 Å². The minimum absolute atomic E-state index is 0.356. The molecule has 94 valence electrons. The number of pyridine rings is 1. The number of hydrogen-bond acceptors (Lipinski definition) is 4. The number of carboxylic acids is 1. The van der Waals surface area contributed by atoms with Gasteiger partial charge < -0.3 is 9.84 Å². The van der Waals surface area contributed by atoms with Gasteiger partial charge in [-0.05, 0) is 36.2 Å². The third kappa shape index (κ3) is 3.15. The molecule has 0 saturated heterocycles. The molecular formula is C13H13NO3S. The van der Waals surface area contributed by atoms with Crippen molar-refractivity contribution in [3.63, 3.8) is 0 Å². The highest BCUT2D eigenvalue weighted by molar-refractivity contribution is 7.14. The highest BCUT2D eigenvalue weighted by Gasteiger charge is 2.10. The van der Waals surface area contributed by atoms with Crippen molar-refractivity contribution in [3.05, 3.63) is 51.5 Å².